The van der Waals surface area contributed by atoms with Gasteiger partial charge in [0.05, 0.1) is 10.8 Å². The van der Waals surface area contributed by atoms with E-state index in [0.717, 1.165) is 11.4 Å². The molecule has 1 heteroatoms. The summed E-state index contributed by atoms with van der Waals surface area (Å²) in [6, 6.07) is 75.7. The minimum Gasteiger partial charge on any atom is -0.355 e. The molecule has 0 bridgehead atoms. The first kappa shape index (κ1) is 38.7. The van der Waals surface area contributed by atoms with Crippen LogP contribution < -0.4 is 5.32 Å². The van der Waals surface area contributed by atoms with Gasteiger partial charge in [-0.2, -0.15) is 0 Å². The molecule has 0 aliphatic heterocycles. The second kappa shape index (κ2) is 16.5. The Kier molecular flexibility index (Phi) is 10.3. The summed E-state index contributed by atoms with van der Waals surface area (Å²) in [5.41, 5.74) is 19.5. The Balaban J connectivity index is 0.000000366. The zero-order valence-electron chi connectivity index (χ0n) is 35.1. The Hall–Kier alpha value is -7.48. The van der Waals surface area contributed by atoms with Gasteiger partial charge >= 0.3 is 0 Å². The van der Waals surface area contributed by atoms with E-state index in [9.17, 15) is 0 Å². The second-order valence-electron chi connectivity index (χ2n) is 16.3. The van der Waals surface area contributed by atoms with Crippen molar-refractivity contribution in [2.45, 2.75) is 30.6 Å². The number of hydrogen-bond donors (Lipinski definition) is 1. The molecule has 1 N–H and O–H groups in total. The summed E-state index contributed by atoms with van der Waals surface area (Å²) in [6.07, 6.45) is 12.8. The van der Waals surface area contributed by atoms with E-state index in [1.165, 1.54) is 90.7 Å². The molecule has 0 heterocycles. The largest absolute Gasteiger partial charge is 0.355 e. The number of anilines is 2. The summed E-state index contributed by atoms with van der Waals surface area (Å²) < 4.78 is 0. The van der Waals surface area contributed by atoms with Gasteiger partial charge in [-0.25, -0.2) is 0 Å². The standard InChI is InChI=1S/C50H35N.C11H14/c1-4-17-35(18-5-1)49(44-27-13-10-23-40(44)41-24-11-14-28-45(41)49)38-31-33-39(34-32-38)51-47-30-16-26-43-42-25-12-15-29-46(42)50(48(43)47,36-19-6-2-7-20-36)37-21-8-3-9-22-37;1-3-7-11-9-6-5-8-10(11)4-2/h1-34,51H;3-4,6-7,9H,1,5,8H2,2H3/b;10-4-,11-7-. The van der Waals surface area contributed by atoms with Gasteiger partial charge < -0.3 is 5.32 Å². The van der Waals surface area contributed by atoms with Crippen LogP contribution in [0.4, 0.5) is 11.4 Å². The van der Waals surface area contributed by atoms with Gasteiger partial charge in [0.2, 0.25) is 0 Å². The molecule has 3 aliphatic rings. The highest BCUT2D eigenvalue weighted by atomic mass is 14.9. The monoisotopic (exact) mass is 795 g/mol. The number of hydrogen-bond acceptors (Lipinski definition) is 1. The minimum absolute atomic E-state index is 0.418. The van der Waals surface area contributed by atoms with Crippen molar-refractivity contribution < 1.29 is 0 Å². The normalized spacial score (nSPS) is 16.0. The first-order valence-corrected chi connectivity index (χ1v) is 21.8. The van der Waals surface area contributed by atoms with Crippen molar-refractivity contribution in [3.05, 3.63) is 299 Å². The maximum absolute atomic E-state index is 3.94. The van der Waals surface area contributed by atoms with Crippen LogP contribution in [0.15, 0.2) is 254 Å². The molecule has 11 rings (SSSR count). The lowest BCUT2D eigenvalue weighted by molar-refractivity contribution is 0.768. The molecule has 0 saturated carbocycles. The average molecular weight is 796 g/mol. The second-order valence-corrected chi connectivity index (χ2v) is 16.3. The lowest BCUT2D eigenvalue weighted by Crippen LogP contribution is -2.29. The van der Waals surface area contributed by atoms with Gasteiger partial charge in [0.1, 0.15) is 0 Å². The molecule has 1 nitrogen and oxygen atoms in total. The summed E-state index contributed by atoms with van der Waals surface area (Å²) >= 11 is 0. The van der Waals surface area contributed by atoms with Crippen molar-refractivity contribution in [2.24, 2.45) is 0 Å². The van der Waals surface area contributed by atoms with Gasteiger partial charge in [-0.05, 0) is 110 Å². The predicted molar refractivity (Wildman–Crippen MR) is 261 cm³/mol. The van der Waals surface area contributed by atoms with E-state index in [2.05, 4.69) is 249 Å². The smallest absolute Gasteiger partial charge is 0.0733 e. The van der Waals surface area contributed by atoms with Gasteiger partial charge in [-0.3, -0.25) is 0 Å². The molecule has 0 spiro atoms. The molecule has 0 aromatic heterocycles. The first-order chi connectivity index (χ1) is 30.7. The summed E-state index contributed by atoms with van der Waals surface area (Å²) in [7, 11) is 0. The SMILES string of the molecule is C=C/C=C1/C=CCC/C1=C/C.c1ccc(C2(c3ccc(Nc4cccc5c4C(c4ccccc4)(c4ccccc4)c4ccccc4-5)cc3)c3ccccc3-c3ccccc32)cc1. The van der Waals surface area contributed by atoms with Crippen LogP contribution in [0, 0.1) is 0 Å². The quantitative estimate of drug-likeness (QED) is 0.169. The molecule has 0 saturated heterocycles. The molecular formula is C61H49N. The highest BCUT2D eigenvalue weighted by molar-refractivity contribution is 5.92. The topological polar surface area (TPSA) is 12.0 Å². The van der Waals surface area contributed by atoms with Gasteiger partial charge in [0.25, 0.3) is 0 Å². The van der Waals surface area contributed by atoms with Crippen molar-refractivity contribution in [2.75, 3.05) is 5.32 Å². The molecule has 0 atom stereocenters. The molecular weight excluding hydrogens is 747 g/mol. The zero-order chi connectivity index (χ0) is 41.9. The van der Waals surface area contributed by atoms with Crippen molar-refractivity contribution in [3.63, 3.8) is 0 Å². The van der Waals surface area contributed by atoms with Crippen LogP contribution in [-0.2, 0) is 10.8 Å². The molecule has 298 valence electrons. The zero-order valence-corrected chi connectivity index (χ0v) is 35.1. The van der Waals surface area contributed by atoms with Crippen LogP contribution in [0.3, 0.4) is 0 Å². The predicted octanol–water partition coefficient (Wildman–Crippen LogP) is 15.6. The average Bonchev–Trinajstić information content (AvgIpc) is 3.83. The number of rotatable bonds is 7. The Labute approximate surface area is 366 Å². The fourth-order valence-electron chi connectivity index (χ4n) is 10.6. The molecule has 0 unspecified atom stereocenters. The van der Waals surface area contributed by atoms with Crippen molar-refractivity contribution in [1.82, 2.24) is 0 Å². The maximum atomic E-state index is 3.94. The molecule has 62 heavy (non-hydrogen) atoms. The Morgan fingerprint density at radius 1 is 0.468 bits per heavy atom. The molecule has 0 amide bonds. The summed E-state index contributed by atoms with van der Waals surface area (Å²) in [5, 5.41) is 3.94. The van der Waals surface area contributed by atoms with E-state index >= 15 is 0 Å². The van der Waals surface area contributed by atoms with Crippen LogP contribution in [-0.4, -0.2) is 0 Å². The third-order valence-corrected chi connectivity index (χ3v) is 13.1. The van der Waals surface area contributed by atoms with Crippen LogP contribution >= 0.6 is 0 Å². The Morgan fingerprint density at radius 2 is 0.919 bits per heavy atom. The number of benzene rings is 8. The van der Waals surface area contributed by atoms with E-state index in [0.29, 0.717) is 0 Å². The summed E-state index contributed by atoms with van der Waals surface area (Å²) in [5.74, 6) is 0. The van der Waals surface area contributed by atoms with Crippen molar-refractivity contribution in [3.8, 4) is 22.3 Å². The first-order valence-electron chi connectivity index (χ1n) is 21.8. The van der Waals surface area contributed by atoms with Gasteiger partial charge in [0.15, 0.2) is 0 Å². The minimum atomic E-state index is -0.480. The van der Waals surface area contributed by atoms with Crippen LogP contribution in [0.5, 0.6) is 0 Å². The van der Waals surface area contributed by atoms with Gasteiger partial charge in [-0.1, -0.05) is 225 Å². The number of fused-ring (bicyclic) bond motifs is 6. The van der Waals surface area contributed by atoms with Crippen LogP contribution in [0.2, 0.25) is 0 Å². The van der Waals surface area contributed by atoms with E-state index in [1.807, 2.05) is 6.08 Å². The Bertz CT molecular complexity index is 2900. The fraction of sp³-hybridized carbons (Fsp3) is 0.0820. The van der Waals surface area contributed by atoms with Crippen LogP contribution in [0.25, 0.3) is 22.3 Å². The lowest BCUT2D eigenvalue weighted by atomic mass is 9.67. The third-order valence-electron chi connectivity index (χ3n) is 13.1. The van der Waals surface area contributed by atoms with Gasteiger partial charge in [-0.15, -0.1) is 0 Å². The van der Waals surface area contributed by atoms with E-state index in [1.54, 1.807) is 0 Å². The van der Waals surface area contributed by atoms with Crippen molar-refractivity contribution in [1.29, 1.82) is 0 Å². The van der Waals surface area contributed by atoms with E-state index < -0.39 is 10.8 Å². The highest BCUT2D eigenvalue weighted by Gasteiger charge is 2.48. The lowest BCUT2D eigenvalue weighted by Gasteiger charge is -2.35. The molecule has 0 fully saturated rings. The molecule has 3 aliphatic carbocycles. The van der Waals surface area contributed by atoms with Crippen molar-refractivity contribution >= 4 is 11.4 Å². The summed E-state index contributed by atoms with van der Waals surface area (Å²) in [6.45, 7) is 5.77. The van der Waals surface area contributed by atoms with Gasteiger partial charge in [0, 0.05) is 16.9 Å². The number of allylic oxidation sites excluding steroid dienone is 7. The molecule has 0 radical (unpaired) electrons. The summed E-state index contributed by atoms with van der Waals surface area (Å²) in [4.78, 5) is 0. The fourth-order valence-corrected chi connectivity index (χ4v) is 10.6. The van der Waals surface area contributed by atoms with Crippen LogP contribution in [0.1, 0.15) is 64.3 Å². The maximum Gasteiger partial charge on any atom is 0.0733 e. The van der Waals surface area contributed by atoms with E-state index in [4.69, 9.17) is 0 Å². The highest BCUT2D eigenvalue weighted by Crippen LogP contribution is 2.59. The molecule has 8 aromatic carbocycles. The third kappa shape index (κ3) is 6.24. The Morgan fingerprint density at radius 3 is 1.45 bits per heavy atom. The number of nitrogens with one attached hydrogen (secondary N) is 1. The molecule has 8 aromatic rings. The van der Waals surface area contributed by atoms with E-state index in [-0.39, 0.29) is 0 Å².